The van der Waals surface area contributed by atoms with E-state index in [1.54, 1.807) is 0 Å². The van der Waals surface area contributed by atoms with Crippen molar-refractivity contribution in [1.82, 2.24) is 4.90 Å². The van der Waals surface area contributed by atoms with Gasteiger partial charge < -0.3 is 10.2 Å². The molecule has 1 aromatic rings. The van der Waals surface area contributed by atoms with Crippen molar-refractivity contribution in [3.63, 3.8) is 0 Å². The lowest BCUT2D eigenvalue weighted by Crippen LogP contribution is -2.37. The Balaban J connectivity index is 3.08. The lowest BCUT2D eigenvalue weighted by Gasteiger charge is -2.35. The summed E-state index contributed by atoms with van der Waals surface area (Å²) in [7, 11) is 0. The van der Waals surface area contributed by atoms with Gasteiger partial charge in [0.15, 0.2) is 0 Å². The maximum atomic E-state index is 9.50. The molecule has 0 saturated heterocycles. The number of hydrogen-bond acceptors (Lipinski definition) is 3. The van der Waals surface area contributed by atoms with Crippen LogP contribution in [0.25, 0.3) is 0 Å². The molecule has 0 fully saturated rings. The van der Waals surface area contributed by atoms with E-state index >= 15 is 0 Å². The van der Waals surface area contributed by atoms with Gasteiger partial charge in [-0.2, -0.15) is 0 Å². The average Bonchev–Trinajstić information content (AvgIpc) is 2.45. The molecule has 2 N–H and O–H groups in total. The van der Waals surface area contributed by atoms with E-state index in [9.17, 15) is 10.2 Å². The zero-order valence-electron chi connectivity index (χ0n) is 11.3. The number of hydrogen-bond donors (Lipinski definition) is 2. The highest BCUT2D eigenvalue weighted by Crippen LogP contribution is 2.28. The number of aliphatic hydroxyl groups is 2. The highest BCUT2D eigenvalue weighted by Gasteiger charge is 2.26. The molecule has 0 aliphatic rings. The number of aliphatic hydroxyl groups excluding tert-OH is 2. The van der Waals surface area contributed by atoms with Crippen LogP contribution in [-0.2, 0) is 0 Å². The van der Waals surface area contributed by atoms with Crippen LogP contribution in [0.5, 0.6) is 0 Å². The Kier molecular flexibility index (Phi) is 7.11. The summed E-state index contributed by atoms with van der Waals surface area (Å²) >= 11 is 0. The molecule has 0 radical (unpaired) electrons. The Morgan fingerprint density at radius 1 is 1.00 bits per heavy atom. The highest BCUT2D eigenvalue weighted by atomic mass is 16.3. The van der Waals surface area contributed by atoms with Crippen molar-refractivity contribution in [3.8, 4) is 0 Å². The number of nitrogens with zero attached hydrogens (tertiary/aromatic N) is 1. The zero-order chi connectivity index (χ0) is 14.1. The third-order valence-electron chi connectivity index (χ3n) is 3.18. The summed E-state index contributed by atoms with van der Waals surface area (Å²) in [6, 6.07) is 9.87. The van der Waals surface area contributed by atoms with Gasteiger partial charge in [0.1, 0.15) is 0 Å². The minimum absolute atomic E-state index is 0.0489. The van der Waals surface area contributed by atoms with Crippen LogP contribution in [0.3, 0.4) is 0 Å². The molecule has 19 heavy (non-hydrogen) atoms. The van der Waals surface area contributed by atoms with E-state index in [1.165, 1.54) is 0 Å². The summed E-state index contributed by atoms with van der Waals surface area (Å²) in [5, 5.41) is 19.0. The predicted octanol–water partition coefficient (Wildman–Crippen LogP) is 2.00. The molecule has 0 saturated carbocycles. The van der Waals surface area contributed by atoms with Crippen molar-refractivity contribution in [2.24, 2.45) is 5.92 Å². The van der Waals surface area contributed by atoms with Crippen LogP contribution in [0, 0.1) is 5.92 Å². The molecule has 0 aliphatic carbocycles. The predicted molar refractivity (Wildman–Crippen MR) is 78.8 cm³/mol. The fourth-order valence-corrected chi connectivity index (χ4v) is 2.32. The third kappa shape index (κ3) is 4.31. The maximum absolute atomic E-state index is 9.50. The number of benzene rings is 1. The van der Waals surface area contributed by atoms with Crippen LogP contribution in [0.4, 0.5) is 0 Å². The van der Waals surface area contributed by atoms with Gasteiger partial charge in [0, 0.05) is 38.3 Å². The van der Waals surface area contributed by atoms with Gasteiger partial charge in [-0.25, -0.2) is 0 Å². The van der Waals surface area contributed by atoms with E-state index in [1.807, 2.05) is 42.5 Å². The molecule has 0 spiro atoms. The Labute approximate surface area is 115 Å². The molecule has 0 bridgehead atoms. The molecule has 1 aromatic carbocycles. The SMILES string of the molecule is C=CCN(CC=C)C(c1ccccc1)C(CO)CO. The van der Waals surface area contributed by atoms with Crippen LogP contribution in [0.1, 0.15) is 11.6 Å². The molecular weight excluding hydrogens is 238 g/mol. The van der Waals surface area contributed by atoms with Gasteiger partial charge in [-0.3, -0.25) is 4.90 Å². The van der Waals surface area contributed by atoms with Crippen molar-refractivity contribution < 1.29 is 10.2 Å². The van der Waals surface area contributed by atoms with Crippen LogP contribution in [-0.4, -0.2) is 41.4 Å². The lowest BCUT2D eigenvalue weighted by molar-refractivity contribution is 0.0680. The monoisotopic (exact) mass is 261 g/mol. The highest BCUT2D eigenvalue weighted by molar-refractivity contribution is 5.20. The summed E-state index contributed by atoms with van der Waals surface area (Å²) in [4.78, 5) is 2.15. The Hall–Kier alpha value is -1.42. The fourth-order valence-electron chi connectivity index (χ4n) is 2.32. The van der Waals surface area contributed by atoms with E-state index in [0.717, 1.165) is 5.56 Å². The van der Waals surface area contributed by atoms with Crippen LogP contribution in [0.2, 0.25) is 0 Å². The summed E-state index contributed by atoms with van der Waals surface area (Å²) in [5.74, 6) is -0.220. The molecule has 3 heteroatoms. The van der Waals surface area contributed by atoms with Gasteiger partial charge >= 0.3 is 0 Å². The fraction of sp³-hybridized carbons (Fsp3) is 0.375. The summed E-state index contributed by atoms with van der Waals surface area (Å²) in [5.41, 5.74) is 1.08. The first-order valence-electron chi connectivity index (χ1n) is 6.51. The Morgan fingerprint density at radius 2 is 1.53 bits per heavy atom. The molecule has 1 rings (SSSR count). The Bertz CT molecular complexity index is 364. The second-order valence-electron chi connectivity index (χ2n) is 4.51. The average molecular weight is 261 g/mol. The number of rotatable bonds is 9. The second-order valence-corrected chi connectivity index (χ2v) is 4.51. The molecule has 0 aliphatic heterocycles. The first-order valence-corrected chi connectivity index (χ1v) is 6.51. The summed E-state index contributed by atoms with van der Waals surface area (Å²) in [6.45, 7) is 8.79. The molecule has 3 nitrogen and oxygen atoms in total. The molecular formula is C16H23NO2. The zero-order valence-corrected chi connectivity index (χ0v) is 11.3. The van der Waals surface area contributed by atoms with E-state index in [0.29, 0.717) is 13.1 Å². The summed E-state index contributed by atoms with van der Waals surface area (Å²) in [6.07, 6.45) is 3.65. The van der Waals surface area contributed by atoms with E-state index in [-0.39, 0.29) is 25.2 Å². The van der Waals surface area contributed by atoms with Crippen molar-refractivity contribution in [2.75, 3.05) is 26.3 Å². The normalized spacial score (nSPS) is 12.6. The van der Waals surface area contributed by atoms with E-state index in [2.05, 4.69) is 18.1 Å². The molecule has 0 aromatic heterocycles. The largest absolute Gasteiger partial charge is 0.396 e. The molecule has 0 heterocycles. The molecule has 0 amide bonds. The van der Waals surface area contributed by atoms with Crippen molar-refractivity contribution >= 4 is 0 Å². The minimum atomic E-state index is -0.220. The third-order valence-corrected chi connectivity index (χ3v) is 3.18. The maximum Gasteiger partial charge on any atom is 0.0499 e. The van der Waals surface area contributed by atoms with Crippen LogP contribution >= 0.6 is 0 Å². The van der Waals surface area contributed by atoms with E-state index in [4.69, 9.17) is 0 Å². The molecule has 1 unspecified atom stereocenters. The van der Waals surface area contributed by atoms with Gasteiger partial charge in [0.05, 0.1) is 0 Å². The smallest absolute Gasteiger partial charge is 0.0499 e. The van der Waals surface area contributed by atoms with Gasteiger partial charge in [0.25, 0.3) is 0 Å². The van der Waals surface area contributed by atoms with Crippen molar-refractivity contribution in [3.05, 3.63) is 61.2 Å². The lowest BCUT2D eigenvalue weighted by atomic mass is 9.92. The van der Waals surface area contributed by atoms with Gasteiger partial charge in [-0.15, -0.1) is 13.2 Å². The second kappa shape index (κ2) is 8.64. The van der Waals surface area contributed by atoms with Crippen LogP contribution in [0.15, 0.2) is 55.6 Å². The summed E-state index contributed by atoms with van der Waals surface area (Å²) < 4.78 is 0. The van der Waals surface area contributed by atoms with Gasteiger partial charge in [-0.05, 0) is 5.56 Å². The van der Waals surface area contributed by atoms with Gasteiger partial charge in [-0.1, -0.05) is 42.5 Å². The Morgan fingerprint density at radius 3 is 1.95 bits per heavy atom. The van der Waals surface area contributed by atoms with E-state index < -0.39 is 0 Å². The van der Waals surface area contributed by atoms with Crippen molar-refractivity contribution in [2.45, 2.75) is 6.04 Å². The molecule has 104 valence electrons. The molecule has 1 atom stereocenters. The topological polar surface area (TPSA) is 43.7 Å². The standard InChI is InChI=1S/C16H23NO2/c1-3-10-17(11-4-2)16(15(12-18)13-19)14-8-6-5-7-9-14/h3-9,15-16,18-19H,1-2,10-13H2. The minimum Gasteiger partial charge on any atom is -0.396 e. The first-order chi connectivity index (χ1) is 9.28. The van der Waals surface area contributed by atoms with Crippen LogP contribution < -0.4 is 0 Å². The van der Waals surface area contributed by atoms with Crippen molar-refractivity contribution in [1.29, 1.82) is 0 Å². The quantitative estimate of drug-likeness (QED) is 0.668. The first kappa shape index (κ1) is 15.6. The van der Waals surface area contributed by atoms with Gasteiger partial charge in [0.2, 0.25) is 0 Å².